The van der Waals surface area contributed by atoms with Crippen LogP contribution in [0.4, 0.5) is 11.4 Å². The molecule has 2 atom stereocenters. The van der Waals surface area contributed by atoms with Gasteiger partial charge < -0.3 is 15.1 Å². The number of carbonyl (C=O) groups excluding carboxylic acids is 1. The summed E-state index contributed by atoms with van der Waals surface area (Å²) in [4.78, 5) is 27.3. The third-order valence-electron chi connectivity index (χ3n) is 5.12. The number of non-ortho nitro benzene ring substituents is 1. The number of nitro benzene ring substituents is 1. The zero-order chi connectivity index (χ0) is 16.7. The van der Waals surface area contributed by atoms with E-state index in [2.05, 4.69) is 10.2 Å². The molecule has 0 saturated carbocycles. The van der Waals surface area contributed by atoms with E-state index in [4.69, 9.17) is 0 Å². The lowest BCUT2D eigenvalue weighted by atomic mass is 10.1. The first kappa shape index (κ1) is 15.7. The molecule has 1 aromatic carbocycles. The van der Waals surface area contributed by atoms with Crippen LogP contribution in [0.25, 0.3) is 0 Å². The van der Waals surface area contributed by atoms with Gasteiger partial charge in [-0.15, -0.1) is 11.8 Å². The molecule has 0 aromatic heterocycles. The molecule has 0 bridgehead atoms. The van der Waals surface area contributed by atoms with Gasteiger partial charge in [0, 0.05) is 49.2 Å². The van der Waals surface area contributed by atoms with Crippen LogP contribution >= 0.6 is 11.8 Å². The fourth-order valence-corrected chi connectivity index (χ4v) is 4.81. The van der Waals surface area contributed by atoms with Crippen LogP contribution in [0, 0.1) is 10.1 Å². The Morgan fingerprint density at radius 1 is 1.38 bits per heavy atom. The first-order valence-corrected chi connectivity index (χ1v) is 9.43. The smallest absolute Gasteiger partial charge is 0.269 e. The minimum Gasteiger partial charge on any atom is -0.367 e. The number of anilines is 1. The summed E-state index contributed by atoms with van der Waals surface area (Å²) in [5.41, 5.74) is 2.27. The van der Waals surface area contributed by atoms with Gasteiger partial charge in [-0.25, -0.2) is 0 Å². The van der Waals surface area contributed by atoms with Crippen molar-refractivity contribution in [1.82, 2.24) is 10.2 Å². The predicted octanol–water partition coefficient (Wildman–Crippen LogP) is 1.22. The second-order valence-corrected chi connectivity index (χ2v) is 7.58. The molecule has 3 heterocycles. The molecule has 128 valence electrons. The van der Waals surface area contributed by atoms with Crippen LogP contribution in [-0.2, 0) is 11.2 Å². The van der Waals surface area contributed by atoms with Crippen molar-refractivity contribution in [2.75, 3.05) is 36.2 Å². The normalized spacial score (nSPS) is 26.0. The van der Waals surface area contributed by atoms with Crippen molar-refractivity contribution >= 4 is 29.0 Å². The third kappa shape index (κ3) is 2.73. The van der Waals surface area contributed by atoms with Crippen molar-refractivity contribution in [2.45, 2.75) is 24.9 Å². The molecule has 0 radical (unpaired) electrons. The van der Waals surface area contributed by atoms with Crippen LogP contribution in [0.1, 0.15) is 12.0 Å². The van der Waals surface area contributed by atoms with Gasteiger partial charge in [-0.1, -0.05) is 0 Å². The van der Waals surface area contributed by atoms with Gasteiger partial charge in [0.1, 0.15) is 0 Å². The van der Waals surface area contributed by atoms with Gasteiger partial charge in [-0.05, 0) is 24.5 Å². The van der Waals surface area contributed by atoms with Crippen molar-refractivity contribution in [2.24, 2.45) is 0 Å². The van der Waals surface area contributed by atoms with Gasteiger partial charge in [0.05, 0.1) is 16.8 Å². The summed E-state index contributed by atoms with van der Waals surface area (Å²) in [5.74, 6) is 2.04. The first-order valence-electron chi connectivity index (χ1n) is 8.27. The van der Waals surface area contributed by atoms with Crippen molar-refractivity contribution in [1.29, 1.82) is 0 Å². The number of thioether (sulfide) groups is 1. The van der Waals surface area contributed by atoms with Gasteiger partial charge in [0.2, 0.25) is 5.91 Å². The highest BCUT2D eigenvalue weighted by Crippen LogP contribution is 2.34. The molecular weight excluding hydrogens is 328 g/mol. The number of nitro groups is 1. The molecule has 24 heavy (non-hydrogen) atoms. The van der Waals surface area contributed by atoms with E-state index in [9.17, 15) is 14.9 Å². The van der Waals surface area contributed by atoms with E-state index in [1.165, 1.54) is 0 Å². The maximum atomic E-state index is 12.5. The summed E-state index contributed by atoms with van der Waals surface area (Å²) >= 11 is 1.80. The number of benzene rings is 1. The highest BCUT2D eigenvalue weighted by atomic mass is 32.2. The van der Waals surface area contributed by atoms with Crippen molar-refractivity contribution < 1.29 is 9.72 Å². The SMILES string of the molecule is O=C([C@@H]1C[C@H](N2CCc3cc([N+](=O)[O-])ccc32)CN1)N1CCSC1. The molecule has 1 amide bonds. The fraction of sp³-hybridized carbons (Fsp3) is 0.562. The van der Waals surface area contributed by atoms with E-state index in [1.54, 1.807) is 23.9 Å². The first-order chi connectivity index (χ1) is 11.6. The Morgan fingerprint density at radius 2 is 2.25 bits per heavy atom. The van der Waals surface area contributed by atoms with E-state index >= 15 is 0 Å². The molecular formula is C16H20N4O3S. The molecule has 0 aliphatic carbocycles. The number of amides is 1. The number of nitrogens with zero attached hydrogens (tertiary/aromatic N) is 3. The van der Waals surface area contributed by atoms with Crippen LogP contribution in [0.2, 0.25) is 0 Å². The zero-order valence-corrected chi connectivity index (χ0v) is 14.1. The number of hydrogen-bond acceptors (Lipinski definition) is 6. The Morgan fingerprint density at radius 3 is 3.00 bits per heavy atom. The molecule has 4 rings (SSSR count). The maximum Gasteiger partial charge on any atom is 0.269 e. The molecule has 3 aliphatic heterocycles. The quantitative estimate of drug-likeness (QED) is 0.654. The Hall–Kier alpha value is -1.80. The van der Waals surface area contributed by atoms with Gasteiger partial charge in [0.25, 0.3) is 5.69 Å². The Labute approximate surface area is 144 Å². The van der Waals surface area contributed by atoms with E-state index in [1.807, 2.05) is 11.0 Å². The van der Waals surface area contributed by atoms with E-state index in [0.29, 0.717) is 0 Å². The third-order valence-corrected chi connectivity index (χ3v) is 6.08. The van der Waals surface area contributed by atoms with E-state index in [-0.39, 0.29) is 28.6 Å². The Balaban J connectivity index is 1.45. The Bertz CT molecular complexity index is 677. The molecule has 1 aromatic rings. The monoisotopic (exact) mass is 348 g/mol. The van der Waals surface area contributed by atoms with Crippen LogP contribution < -0.4 is 10.2 Å². The van der Waals surface area contributed by atoms with Crippen LogP contribution in [-0.4, -0.2) is 59.1 Å². The van der Waals surface area contributed by atoms with Crippen LogP contribution in [0.3, 0.4) is 0 Å². The maximum absolute atomic E-state index is 12.5. The molecule has 7 nitrogen and oxygen atoms in total. The van der Waals surface area contributed by atoms with Gasteiger partial charge in [0.15, 0.2) is 0 Å². The fourth-order valence-electron chi connectivity index (χ4n) is 3.86. The highest BCUT2D eigenvalue weighted by molar-refractivity contribution is 7.99. The van der Waals surface area contributed by atoms with E-state index in [0.717, 1.165) is 55.4 Å². The summed E-state index contributed by atoms with van der Waals surface area (Å²) in [5, 5.41) is 14.3. The minimum absolute atomic E-state index is 0.101. The lowest BCUT2D eigenvalue weighted by Gasteiger charge is -2.26. The van der Waals surface area contributed by atoms with Crippen molar-refractivity contribution in [3.05, 3.63) is 33.9 Å². The van der Waals surface area contributed by atoms with Gasteiger partial charge >= 0.3 is 0 Å². The van der Waals surface area contributed by atoms with Crippen LogP contribution in [0.15, 0.2) is 18.2 Å². The number of fused-ring (bicyclic) bond motifs is 1. The summed E-state index contributed by atoms with van der Waals surface area (Å²) < 4.78 is 0. The zero-order valence-electron chi connectivity index (χ0n) is 13.3. The number of carbonyl (C=O) groups is 1. The molecule has 2 saturated heterocycles. The second kappa shape index (κ2) is 6.25. The molecule has 2 fully saturated rings. The standard InChI is InChI=1S/C16H20N4O3S/c21-16(18-5-6-24-10-18)14-8-13(9-17-14)19-4-3-11-7-12(20(22)23)1-2-15(11)19/h1-2,7,13-14,17H,3-6,8-10H2/t13-,14-/m0/s1. The number of hydrogen-bond donors (Lipinski definition) is 1. The second-order valence-electron chi connectivity index (χ2n) is 6.50. The highest BCUT2D eigenvalue weighted by Gasteiger charge is 2.37. The Kier molecular flexibility index (Phi) is 4.09. The van der Waals surface area contributed by atoms with Crippen molar-refractivity contribution in [3.63, 3.8) is 0 Å². The van der Waals surface area contributed by atoms with Gasteiger partial charge in [-0.3, -0.25) is 14.9 Å². The molecule has 0 spiro atoms. The minimum atomic E-state index is -0.344. The molecule has 0 unspecified atom stereocenters. The molecule has 8 heteroatoms. The summed E-state index contributed by atoms with van der Waals surface area (Å²) in [7, 11) is 0. The lowest BCUT2D eigenvalue weighted by molar-refractivity contribution is -0.384. The average molecular weight is 348 g/mol. The summed E-state index contributed by atoms with van der Waals surface area (Å²) in [6.45, 7) is 2.50. The predicted molar refractivity (Wildman–Crippen MR) is 93.4 cm³/mol. The number of rotatable bonds is 3. The topological polar surface area (TPSA) is 78.7 Å². The van der Waals surface area contributed by atoms with E-state index < -0.39 is 0 Å². The summed E-state index contributed by atoms with van der Waals surface area (Å²) in [6.07, 6.45) is 1.63. The molecule has 1 N–H and O–H groups in total. The molecule has 3 aliphatic rings. The lowest BCUT2D eigenvalue weighted by Crippen LogP contribution is -2.42. The number of nitrogens with one attached hydrogen (secondary N) is 1. The average Bonchev–Trinajstić information content (AvgIpc) is 3.32. The largest absolute Gasteiger partial charge is 0.367 e. The van der Waals surface area contributed by atoms with Gasteiger partial charge in [-0.2, -0.15) is 0 Å². The van der Waals surface area contributed by atoms with Crippen molar-refractivity contribution in [3.8, 4) is 0 Å². The summed E-state index contributed by atoms with van der Waals surface area (Å²) in [6, 6.07) is 5.28. The van der Waals surface area contributed by atoms with Crippen LogP contribution in [0.5, 0.6) is 0 Å².